The third kappa shape index (κ3) is 5.02. The summed E-state index contributed by atoms with van der Waals surface area (Å²) in [7, 11) is 0. The van der Waals surface area contributed by atoms with E-state index in [1.54, 1.807) is 0 Å². The van der Waals surface area contributed by atoms with Gasteiger partial charge in [-0.25, -0.2) is 4.79 Å². The van der Waals surface area contributed by atoms with E-state index in [4.69, 9.17) is 5.11 Å². The molecule has 0 aliphatic heterocycles. The lowest BCUT2D eigenvalue weighted by Gasteiger charge is -2.38. The van der Waals surface area contributed by atoms with E-state index in [-0.39, 0.29) is 23.9 Å². The largest absolute Gasteiger partial charge is 0.481 e. The number of hydrogen-bond acceptors (Lipinski definition) is 2. The number of carboxylic acid groups (broad SMARTS) is 1. The summed E-state index contributed by atoms with van der Waals surface area (Å²) in [6.07, 6.45) is 4.56. The average Bonchev–Trinajstić information content (AvgIpc) is 2.26. The summed E-state index contributed by atoms with van der Waals surface area (Å²) in [5.74, 6) is -0.851. The van der Waals surface area contributed by atoms with E-state index in [0.717, 1.165) is 32.1 Å². The normalized spacial score (nSPS) is 20.0. The van der Waals surface area contributed by atoms with Gasteiger partial charge in [0.2, 0.25) is 0 Å². The maximum atomic E-state index is 12.1. The van der Waals surface area contributed by atoms with Gasteiger partial charge in [0.1, 0.15) is 0 Å². The molecule has 0 aromatic carbocycles. The highest BCUT2D eigenvalue weighted by molar-refractivity contribution is 5.77. The van der Waals surface area contributed by atoms with Crippen molar-refractivity contribution in [3.05, 3.63) is 0 Å². The van der Waals surface area contributed by atoms with Crippen LogP contribution in [0.4, 0.5) is 4.79 Å². The second-order valence-electron chi connectivity index (χ2n) is 7.10. The van der Waals surface area contributed by atoms with Crippen molar-refractivity contribution in [3.63, 3.8) is 0 Å². The molecule has 0 spiro atoms. The van der Waals surface area contributed by atoms with Gasteiger partial charge in [0.05, 0.1) is 12.0 Å². The first-order chi connectivity index (χ1) is 9.15. The topological polar surface area (TPSA) is 78.4 Å². The molecular weight excluding hydrogens is 256 g/mol. The minimum absolute atomic E-state index is 0.00428. The van der Waals surface area contributed by atoms with Crippen molar-refractivity contribution in [2.75, 3.05) is 0 Å². The number of carbonyl (C=O) groups excluding carboxylic acids is 1. The fourth-order valence-electron chi connectivity index (χ4n) is 2.55. The molecular formula is C15H28N2O3. The summed E-state index contributed by atoms with van der Waals surface area (Å²) in [5, 5.41) is 14.9. The van der Waals surface area contributed by atoms with Crippen LogP contribution in [0.3, 0.4) is 0 Å². The molecule has 1 aliphatic rings. The Kier molecular flexibility index (Phi) is 5.42. The zero-order valence-corrected chi connectivity index (χ0v) is 13.1. The molecule has 1 rings (SSSR count). The Bertz CT molecular complexity index is 355. The van der Waals surface area contributed by atoms with Gasteiger partial charge in [-0.2, -0.15) is 0 Å². The second-order valence-corrected chi connectivity index (χ2v) is 7.10. The highest BCUT2D eigenvalue weighted by Crippen LogP contribution is 2.31. The van der Waals surface area contributed by atoms with Crippen LogP contribution in [0.25, 0.3) is 0 Å². The van der Waals surface area contributed by atoms with Crippen LogP contribution in [0.15, 0.2) is 0 Å². The smallest absolute Gasteiger partial charge is 0.315 e. The quantitative estimate of drug-likeness (QED) is 0.742. The van der Waals surface area contributed by atoms with Crippen molar-refractivity contribution in [2.45, 2.75) is 77.8 Å². The number of nitrogens with one attached hydrogen (secondary N) is 2. The van der Waals surface area contributed by atoms with Crippen molar-refractivity contribution in [2.24, 2.45) is 5.41 Å². The van der Waals surface area contributed by atoms with Crippen LogP contribution < -0.4 is 10.6 Å². The highest BCUT2D eigenvalue weighted by Gasteiger charge is 2.36. The van der Waals surface area contributed by atoms with Crippen molar-refractivity contribution < 1.29 is 14.7 Å². The molecule has 3 N–H and O–H groups in total. The fraction of sp³-hybridized carbons (Fsp3) is 0.867. The Morgan fingerprint density at radius 1 is 1.20 bits per heavy atom. The van der Waals surface area contributed by atoms with Crippen molar-refractivity contribution in [1.82, 2.24) is 10.6 Å². The Balaban J connectivity index is 2.65. The number of aliphatic carboxylic acids is 1. The van der Waals surface area contributed by atoms with Crippen LogP contribution in [0.1, 0.15) is 66.2 Å². The zero-order chi connectivity index (χ0) is 15.4. The summed E-state index contributed by atoms with van der Waals surface area (Å²) in [4.78, 5) is 23.2. The van der Waals surface area contributed by atoms with Gasteiger partial charge < -0.3 is 15.7 Å². The number of amides is 2. The first-order valence-corrected chi connectivity index (χ1v) is 7.45. The third-order valence-electron chi connectivity index (χ3n) is 4.33. The molecule has 5 nitrogen and oxygen atoms in total. The summed E-state index contributed by atoms with van der Waals surface area (Å²) in [5.41, 5.74) is -0.602. The van der Waals surface area contributed by atoms with Gasteiger partial charge in [-0.3, -0.25) is 4.79 Å². The van der Waals surface area contributed by atoms with E-state index in [1.165, 1.54) is 0 Å². The van der Waals surface area contributed by atoms with Crippen LogP contribution >= 0.6 is 0 Å². The van der Waals surface area contributed by atoms with E-state index in [0.29, 0.717) is 0 Å². The first-order valence-electron chi connectivity index (χ1n) is 7.45. The van der Waals surface area contributed by atoms with Gasteiger partial charge in [0.25, 0.3) is 0 Å². The standard InChI is InChI=1S/C15H28N2O3/c1-11(14(2,3)4)16-13(20)17-15(10-12(18)19)8-6-5-7-9-15/h11H,5-10H2,1-4H3,(H,18,19)(H2,16,17,20). The fourth-order valence-corrected chi connectivity index (χ4v) is 2.55. The maximum Gasteiger partial charge on any atom is 0.315 e. The molecule has 5 heteroatoms. The molecule has 0 aromatic rings. The molecule has 0 saturated heterocycles. The van der Waals surface area contributed by atoms with Gasteiger partial charge >= 0.3 is 12.0 Å². The van der Waals surface area contributed by atoms with Gasteiger partial charge in [-0.05, 0) is 25.2 Å². The third-order valence-corrected chi connectivity index (χ3v) is 4.33. The summed E-state index contributed by atoms with van der Waals surface area (Å²) in [6, 6.07) is -0.233. The first kappa shape index (κ1) is 16.8. The molecule has 0 bridgehead atoms. The predicted molar refractivity (Wildman–Crippen MR) is 78.7 cm³/mol. The Morgan fingerprint density at radius 2 is 1.75 bits per heavy atom. The molecule has 1 unspecified atom stereocenters. The molecule has 1 atom stereocenters. The van der Waals surface area contributed by atoms with Crippen LogP contribution in [0.2, 0.25) is 0 Å². The van der Waals surface area contributed by atoms with Gasteiger partial charge in [-0.15, -0.1) is 0 Å². The Morgan fingerprint density at radius 3 is 2.20 bits per heavy atom. The molecule has 1 saturated carbocycles. The van der Waals surface area contributed by atoms with Crippen molar-refractivity contribution >= 4 is 12.0 Å². The monoisotopic (exact) mass is 284 g/mol. The number of carboxylic acids is 1. The molecule has 0 radical (unpaired) electrons. The van der Waals surface area contributed by atoms with E-state index in [9.17, 15) is 9.59 Å². The lowest BCUT2D eigenvalue weighted by molar-refractivity contribution is -0.139. The molecule has 0 aromatic heterocycles. The zero-order valence-electron chi connectivity index (χ0n) is 13.1. The van der Waals surface area contributed by atoms with Gasteiger partial charge in [0, 0.05) is 6.04 Å². The number of rotatable bonds is 4. The molecule has 20 heavy (non-hydrogen) atoms. The van der Waals surface area contributed by atoms with E-state index >= 15 is 0 Å². The van der Waals surface area contributed by atoms with Crippen molar-refractivity contribution in [1.29, 1.82) is 0 Å². The van der Waals surface area contributed by atoms with E-state index in [2.05, 4.69) is 31.4 Å². The average molecular weight is 284 g/mol. The number of carbonyl (C=O) groups is 2. The lowest BCUT2D eigenvalue weighted by atomic mass is 9.79. The van der Waals surface area contributed by atoms with Crippen molar-refractivity contribution in [3.8, 4) is 0 Å². The number of hydrogen-bond donors (Lipinski definition) is 3. The Labute approximate surface area is 121 Å². The number of urea groups is 1. The molecule has 2 amide bonds. The summed E-state index contributed by atoms with van der Waals surface area (Å²) < 4.78 is 0. The molecule has 1 aliphatic carbocycles. The van der Waals surface area contributed by atoms with Crippen LogP contribution in [0.5, 0.6) is 0 Å². The Hall–Kier alpha value is -1.26. The summed E-state index contributed by atoms with van der Waals surface area (Å²) in [6.45, 7) is 8.15. The van der Waals surface area contributed by atoms with Gasteiger partial charge in [-0.1, -0.05) is 40.0 Å². The SMILES string of the molecule is CC(NC(=O)NC1(CC(=O)O)CCCCC1)C(C)(C)C. The van der Waals surface area contributed by atoms with Crippen LogP contribution in [-0.2, 0) is 4.79 Å². The van der Waals surface area contributed by atoms with E-state index in [1.807, 2.05) is 6.92 Å². The minimum atomic E-state index is -0.851. The van der Waals surface area contributed by atoms with E-state index < -0.39 is 11.5 Å². The second kappa shape index (κ2) is 6.46. The van der Waals surface area contributed by atoms with Gasteiger partial charge in [0.15, 0.2) is 0 Å². The lowest BCUT2D eigenvalue weighted by Crippen LogP contribution is -2.56. The summed E-state index contributed by atoms with van der Waals surface area (Å²) >= 11 is 0. The predicted octanol–water partition coefficient (Wildman–Crippen LogP) is 2.90. The van der Waals surface area contributed by atoms with Crippen LogP contribution in [0, 0.1) is 5.41 Å². The highest BCUT2D eigenvalue weighted by atomic mass is 16.4. The maximum absolute atomic E-state index is 12.1. The molecule has 1 fully saturated rings. The van der Waals surface area contributed by atoms with Crippen LogP contribution in [-0.4, -0.2) is 28.7 Å². The molecule has 116 valence electrons. The molecule has 0 heterocycles. The minimum Gasteiger partial charge on any atom is -0.481 e.